The normalized spacial score (nSPS) is 24.8. The number of carbonyl (C=O) groups is 5. The van der Waals surface area contributed by atoms with Gasteiger partial charge in [0.15, 0.2) is 0 Å². The number of rotatable bonds is 12. The van der Waals surface area contributed by atoms with Crippen LogP contribution in [-0.2, 0) is 38.3 Å². The van der Waals surface area contributed by atoms with E-state index in [9.17, 15) is 32.4 Å². The van der Waals surface area contributed by atoms with Gasteiger partial charge in [0.25, 0.3) is 5.91 Å². The number of nitrogens with one attached hydrogen (secondary N) is 3. The molecular weight excluding hydrogens is 850 g/mol. The fraction of sp³-hybridized carbons (Fsp3) is 0.659. The molecular formula is C41H58ClN7O12S. The summed E-state index contributed by atoms with van der Waals surface area (Å²) < 4.78 is 54.9. The number of aromatic nitrogens is 1. The number of morpholine rings is 2. The minimum atomic E-state index is -4.45. The third-order valence-electron chi connectivity index (χ3n) is 11.8. The Labute approximate surface area is 367 Å². The highest BCUT2D eigenvalue weighted by atomic mass is 35.5. The number of ether oxygens (including phenoxy) is 4. The van der Waals surface area contributed by atoms with Gasteiger partial charge in [-0.15, -0.1) is 0 Å². The van der Waals surface area contributed by atoms with E-state index >= 15 is 0 Å². The zero-order valence-electron chi connectivity index (χ0n) is 36.1. The number of methoxy groups -OCH3 is 1. The summed E-state index contributed by atoms with van der Waals surface area (Å²) in [6.07, 6.45) is 2.71. The van der Waals surface area contributed by atoms with Gasteiger partial charge in [-0.3, -0.25) is 19.2 Å². The topological polar surface area (TPSA) is 224 Å². The van der Waals surface area contributed by atoms with Crippen LogP contribution < -0.4 is 24.8 Å². The summed E-state index contributed by atoms with van der Waals surface area (Å²) in [6.45, 7) is 12.9. The molecule has 342 valence electrons. The van der Waals surface area contributed by atoms with Crippen LogP contribution in [0.5, 0.6) is 11.6 Å². The highest BCUT2D eigenvalue weighted by molar-refractivity contribution is 7.85. The molecule has 3 N–H and O–H groups in total. The zero-order chi connectivity index (χ0) is 45.0. The summed E-state index contributed by atoms with van der Waals surface area (Å²) >= 11 is 5.19. The monoisotopic (exact) mass is 907 g/mol. The predicted octanol–water partition coefficient (Wildman–Crippen LogP) is 2.94. The van der Waals surface area contributed by atoms with E-state index < -0.39 is 68.8 Å². The number of benzene rings is 1. The first-order valence-electron chi connectivity index (χ1n) is 20.9. The van der Waals surface area contributed by atoms with Gasteiger partial charge in [-0.1, -0.05) is 34.1 Å². The number of halogens is 1. The average molecular weight is 908 g/mol. The standard InChI is InChI=1S/C36H50N6O10S.C5H8ClNO2/c1-7-23-20-36(23,32(45)40-53(47,48)52-35(5)11-12-35)39-29(43)27-19-25(51-30-26-9-8-24(49-6)18-22(26)10-13-37-30)21-42(27)31(44)28(34(2,3)4)38-33(46)41-14-16-50-17-15-41;6-5(8)7-1-3-9-4-2-7/h8-10,13,18,23,25,27-28H,7,11-12,14-17,19-21H2,1-6H3,(H,38,46)(H,39,43)(H,40,45);1-4H2/t23-,25-,27+,28-,36-;/m1./s1. The number of hydrogen-bond donors (Lipinski definition) is 3. The number of fused-ring (bicyclic) bond motifs is 1. The van der Waals surface area contributed by atoms with Crippen molar-refractivity contribution in [2.24, 2.45) is 11.3 Å². The van der Waals surface area contributed by atoms with Crippen molar-refractivity contribution in [3.8, 4) is 11.6 Å². The number of nitrogens with zero attached hydrogens (tertiary/aromatic N) is 4. The lowest BCUT2D eigenvalue weighted by Gasteiger charge is -2.37. The lowest BCUT2D eigenvalue weighted by molar-refractivity contribution is -0.142. The van der Waals surface area contributed by atoms with E-state index in [-0.39, 0.29) is 30.7 Å². The van der Waals surface area contributed by atoms with Crippen LogP contribution in [0.25, 0.3) is 10.8 Å². The first-order valence-corrected chi connectivity index (χ1v) is 22.7. The molecule has 0 bridgehead atoms. The van der Waals surface area contributed by atoms with E-state index in [1.807, 2.05) is 50.6 Å². The van der Waals surface area contributed by atoms with Gasteiger partial charge in [0.1, 0.15) is 29.5 Å². The van der Waals surface area contributed by atoms with E-state index in [2.05, 4.69) is 15.6 Å². The summed E-state index contributed by atoms with van der Waals surface area (Å²) in [7, 11) is -2.87. The predicted molar refractivity (Wildman–Crippen MR) is 226 cm³/mol. The van der Waals surface area contributed by atoms with Crippen molar-refractivity contribution in [3.05, 3.63) is 30.5 Å². The Morgan fingerprint density at radius 3 is 2.19 bits per heavy atom. The largest absolute Gasteiger partial charge is 0.497 e. The van der Waals surface area contributed by atoms with Crippen LogP contribution in [-0.4, -0.2) is 153 Å². The molecule has 3 saturated heterocycles. The smallest absolute Gasteiger partial charge is 0.362 e. The Kier molecular flexibility index (Phi) is 14.5. The second kappa shape index (κ2) is 19.1. The van der Waals surface area contributed by atoms with Gasteiger partial charge in [0.2, 0.25) is 17.7 Å². The maximum Gasteiger partial charge on any atom is 0.362 e. The third kappa shape index (κ3) is 11.4. The molecule has 4 heterocycles. The first-order chi connectivity index (χ1) is 29.3. The molecule has 5 aliphatic rings. The third-order valence-corrected chi connectivity index (χ3v) is 13.1. The molecule has 3 aliphatic heterocycles. The summed E-state index contributed by atoms with van der Waals surface area (Å²) in [5, 5.41) is 6.88. The molecule has 2 saturated carbocycles. The van der Waals surface area contributed by atoms with Crippen LogP contribution in [0.1, 0.15) is 66.7 Å². The fourth-order valence-electron chi connectivity index (χ4n) is 7.78. The van der Waals surface area contributed by atoms with Crippen molar-refractivity contribution in [2.75, 3.05) is 66.3 Å². The zero-order valence-corrected chi connectivity index (χ0v) is 37.6. The lowest BCUT2D eigenvalue weighted by atomic mass is 9.85. The Balaban J connectivity index is 0.000000633. The fourth-order valence-corrected chi connectivity index (χ4v) is 9.10. The average Bonchev–Trinajstić information content (AvgIpc) is 4.11. The molecule has 1 aromatic carbocycles. The summed E-state index contributed by atoms with van der Waals surface area (Å²) in [5.74, 6) is -1.44. The van der Waals surface area contributed by atoms with Gasteiger partial charge in [-0.25, -0.2) is 18.7 Å². The van der Waals surface area contributed by atoms with Gasteiger partial charge in [0.05, 0.1) is 45.7 Å². The van der Waals surface area contributed by atoms with Crippen LogP contribution in [0.15, 0.2) is 30.5 Å². The molecule has 2 aromatic rings. The van der Waals surface area contributed by atoms with Crippen molar-refractivity contribution in [1.29, 1.82) is 0 Å². The molecule has 0 spiro atoms. The minimum absolute atomic E-state index is 0.0254. The van der Waals surface area contributed by atoms with E-state index in [1.54, 1.807) is 36.1 Å². The Bertz CT molecular complexity index is 2110. The molecule has 6 amide bonds. The van der Waals surface area contributed by atoms with Gasteiger partial charge in [-0.2, -0.15) is 8.42 Å². The molecule has 2 aliphatic carbocycles. The molecule has 62 heavy (non-hydrogen) atoms. The van der Waals surface area contributed by atoms with Gasteiger partial charge >= 0.3 is 21.7 Å². The molecule has 5 atom stereocenters. The van der Waals surface area contributed by atoms with Gasteiger partial charge in [-0.05, 0) is 78.8 Å². The number of urea groups is 1. The van der Waals surface area contributed by atoms with Crippen LogP contribution in [0.2, 0.25) is 0 Å². The van der Waals surface area contributed by atoms with E-state index in [1.165, 1.54) is 4.90 Å². The number of pyridine rings is 1. The first kappa shape index (κ1) is 47.0. The quantitative estimate of drug-likeness (QED) is 0.206. The molecule has 21 heteroatoms. The molecule has 19 nitrogen and oxygen atoms in total. The number of carbonyl (C=O) groups excluding carboxylic acids is 5. The molecule has 5 fully saturated rings. The number of amides is 6. The van der Waals surface area contributed by atoms with E-state index in [0.717, 1.165) is 5.39 Å². The molecule has 1 aromatic heterocycles. The minimum Gasteiger partial charge on any atom is -0.497 e. The van der Waals surface area contributed by atoms with Crippen molar-refractivity contribution < 1.29 is 55.5 Å². The van der Waals surface area contributed by atoms with Crippen molar-refractivity contribution in [2.45, 2.75) is 96.1 Å². The van der Waals surface area contributed by atoms with Crippen molar-refractivity contribution >= 4 is 61.8 Å². The van der Waals surface area contributed by atoms with Crippen LogP contribution in [0.3, 0.4) is 0 Å². The molecule has 0 unspecified atom stereocenters. The Morgan fingerprint density at radius 1 is 1.00 bits per heavy atom. The van der Waals surface area contributed by atoms with Crippen LogP contribution >= 0.6 is 11.6 Å². The highest BCUT2D eigenvalue weighted by Crippen LogP contribution is 2.47. The van der Waals surface area contributed by atoms with E-state index in [0.29, 0.717) is 88.9 Å². The molecule has 7 rings (SSSR count). The van der Waals surface area contributed by atoms with Crippen LogP contribution in [0.4, 0.5) is 9.59 Å². The summed E-state index contributed by atoms with van der Waals surface area (Å²) in [6, 6.07) is 4.66. The Morgan fingerprint density at radius 2 is 1.65 bits per heavy atom. The maximum atomic E-state index is 14.6. The maximum absolute atomic E-state index is 14.6. The van der Waals surface area contributed by atoms with Crippen molar-refractivity contribution in [1.82, 2.24) is 35.0 Å². The summed E-state index contributed by atoms with van der Waals surface area (Å²) in [4.78, 5) is 75.3. The van der Waals surface area contributed by atoms with E-state index in [4.69, 9.17) is 34.7 Å². The van der Waals surface area contributed by atoms with Gasteiger partial charge in [0, 0.05) is 44.2 Å². The SMILES string of the molecule is CC[C@@H]1C[C@]1(NC(=O)[C@@H]1C[C@@H](Oc2nccc3cc(OC)ccc23)CN1C(=O)[C@@H](NC(=O)N1CCOCC1)C(C)(C)C)C(=O)NS(=O)(=O)OC1(C)CC1.O=C(Cl)N1CCOCC1. The van der Waals surface area contributed by atoms with Crippen LogP contribution in [0, 0.1) is 11.3 Å². The highest BCUT2D eigenvalue weighted by Gasteiger charge is 2.62. The second-order valence-electron chi connectivity index (χ2n) is 17.6. The summed E-state index contributed by atoms with van der Waals surface area (Å²) in [5.41, 5.74) is -3.15. The van der Waals surface area contributed by atoms with Gasteiger partial charge < -0.3 is 44.3 Å². The molecule has 0 radical (unpaired) electrons. The Hall–Kier alpha value is -4.50. The van der Waals surface area contributed by atoms with Crippen molar-refractivity contribution in [3.63, 3.8) is 0 Å². The second-order valence-corrected chi connectivity index (χ2v) is 19.2. The number of likely N-dealkylation sites (tertiary alicyclic amines) is 1. The number of hydrogen-bond acceptors (Lipinski definition) is 13. The lowest BCUT2D eigenvalue weighted by Crippen LogP contribution is -2.61.